The number of rotatable bonds is 10. The number of carbonyl (C=O) groups excluding carboxylic acids is 1. The minimum atomic E-state index is -0.519. The third-order valence-corrected chi connectivity index (χ3v) is 4.05. The van der Waals surface area contributed by atoms with Crippen LogP contribution in [0.3, 0.4) is 0 Å². The standard InChI is InChI=1S/C20H25N3O4/c1-15-4-6-16(7-5-15)3-2-11-22-20(24)14-17-8-9-19(27-12-10-21)18(13-17)23(25)26/h4-9,13H,2-3,10-12,14,21H2,1H3,(H,22,24). The molecule has 0 aliphatic heterocycles. The van der Waals surface area contributed by atoms with E-state index in [9.17, 15) is 14.9 Å². The zero-order valence-corrected chi connectivity index (χ0v) is 15.4. The van der Waals surface area contributed by atoms with Crippen LogP contribution in [0.5, 0.6) is 5.75 Å². The molecule has 0 unspecified atom stereocenters. The summed E-state index contributed by atoms with van der Waals surface area (Å²) in [6, 6.07) is 12.9. The van der Waals surface area contributed by atoms with Gasteiger partial charge in [-0.15, -0.1) is 0 Å². The molecule has 0 fully saturated rings. The number of hydrogen-bond acceptors (Lipinski definition) is 5. The molecular formula is C20H25N3O4. The fourth-order valence-corrected chi connectivity index (χ4v) is 2.63. The lowest BCUT2D eigenvalue weighted by molar-refractivity contribution is -0.385. The van der Waals surface area contributed by atoms with Crippen LogP contribution in [-0.2, 0) is 17.6 Å². The molecule has 2 aromatic carbocycles. The third-order valence-electron chi connectivity index (χ3n) is 4.05. The molecule has 0 radical (unpaired) electrons. The molecule has 0 saturated carbocycles. The molecule has 2 rings (SSSR count). The van der Waals surface area contributed by atoms with Crippen molar-refractivity contribution in [2.75, 3.05) is 19.7 Å². The molecule has 3 N–H and O–H groups in total. The number of nitro groups is 1. The highest BCUT2D eigenvalue weighted by Gasteiger charge is 2.17. The summed E-state index contributed by atoms with van der Waals surface area (Å²) in [5.74, 6) is -0.00321. The van der Waals surface area contributed by atoms with Crippen molar-refractivity contribution in [1.82, 2.24) is 5.32 Å². The quantitative estimate of drug-likeness (QED) is 0.379. The van der Waals surface area contributed by atoms with Crippen LogP contribution < -0.4 is 15.8 Å². The number of ether oxygens (including phenoxy) is 1. The number of nitrogens with one attached hydrogen (secondary N) is 1. The van der Waals surface area contributed by atoms with Gasteiger partial charge in [-0.1, -0.05) is 35.9 Å². The first kappa shape index (κ1) is 20.4. The van der Waals surface area contributed by atoms with Gasteiger partial charge in [0.15, 0.2) is 5.75 Å². The monoisotopic (exact) mass is 371 g/mol. The Morgan fingerprint density at radius 2 is 1.89 bits per heavy atom. The molecule has 0 heterocycles. The number of nitrogens with zero attached hydrogens (tertiary/aromatic N) is 1. The van der Waals surface area contributed by atoms with Crippen molar-refractivity contribution in [1.29, 1.82) is 0 Å². The van der Waals surface area contributed by atoms with E-state index in [1.54, 1.807) is 6.07 Å². The maximum atomic E-state index is 12.1. The fraction of sp³-hybridized carbons (Fsp3) is 0.350. The smallest absolute Gasteiger partial charge is 0.311 e. The number of benzene rings is 2. The lowest BCUT2D eigenvalue weighted by atomic mass is 10.1. The van der Waals surface area contributed by atoms with E-state index in [1.165, 1.54) is 23.3 Å². The van der Waals surface area contributed by atoms with Crippen LogP contribution in [0.1, 0.15) is 23.1 Å². The molecule has 2 aromatic rings. The van der Waals surface area contributed by atoms with Crippen LogP contribution in [0.4, 0.5) is 5.69 Å². The zero-order valence-electron chi connectivity index (χ0n) is 15.4. The molecule has 0 aliphatic carbocycles. The number of nitrogens with two attached hydrogens (primary N) is 1. The summed E-state index contributed by atoms with van der Waals surface area (Å²) in [6.07, 6.45) is 1.81. The number of nitro benzene ring substituents is 1. The highest BCUT2D eigenvalue weighted by Crippen LogP contribution is 2.28. The van der Waals surface area contributed by atoms with Crippen LogP contribution >= 0.6 is 0 Å². The van der Waals surface area contributed by atoms with Crippen molar-refractivity contribution in [3.8, 4) is 5.75 Å². The van der Waals surface area contributed by atoms with Crippen molar-refractivity contribution in [3.63, 3.8) is 0 Å². The van der Waals surface area contributed by atoms with Crippen molar-refractivity contribution in [2.24, 2.45) is 5.73 Å². The minimum Gasteiger partial charge on any atom is -0.485 e. The van der Waals surface area contributed by atoms with Gasteiger partial charge in [0.05, 0.1) is 11.3 Å². The van der Waals surface area contributed by atoms with Gasteiger partial charge in [-0.3, -0.25) is 14.9 Å². The first-order valence-corrected chi connectivity index (χ1v) is 8.92. The summed E-state index contributed by atoms with van der Waals surface area (Å²) in [5, 5.41) is 14.0. The summed E-state index contributed by atoms with van der Waals surface area (Å²) in [6.45, 7) is 3.07. The molecule has 0 aliphatic rings. The SMILES string of the molecule is Cc1ccc(CCCNC(=O)Cc2ccc(OCCN)c([N+](=O)[O-])c2)cc1. The van der Waals surface area contributed by atoms with Gasteiger partial charge < -0.3 is 15.8 Å². The average Bonchev–Trinajstić information content (AvgIpc) is 2.65. The normalized spacial score (nSPS) is 10.4. The van der Waals surface area contributed by atoms with E-state index in [0.717, 1.165) is 12.8 Å². The maximum Gasteiger partial charge on any atom is 0.311 e. The Morgan fingerprint density at radius 3 is 2.56 bits per heavy atom. The van der Waals surface area contributed by atoms with E-state index in [0.29, 0.717) is 12.1 Å². The van der Waals surface area contributed by atoms with Gasteiger partial charge in [0.25, 0.3) is 0 Å². The number of carbonyl (C=O) groups is 1. The molecule has 144 valence electrons. The molecule has 0 saturated heterocycles. The Labute approximate surface area is 158 Å². The Hall–Kier alpha value is -2.93. The van der Waals surface area contributed by atoms with Crippen molar-refractivity contribution in [3.05, 3.63) is 69.3 Å². The Balaban J connectivity index is 1.83. The summed E-state index contributed by atoms with van der Waals surface area (Å²) in [5.41, 5.74) is 8.22. The van der Waals surface area contributed by atoms with Gasteiger partial charge in [0.1, 0.15) is 6.61 Å². The topological polar surface area (TPSA) is 107 Å². The molecular weight excluding hydrogens is 346 g/mol. The highest BCUT2D eigenvalue weighted by atomic mass is 16.6. The third kappa shape index (κ3) is 6.71. The van der Waals surface area contributed by atoms with Gasteiger partial charge in [0, 0.05) is 19.2 Å². The van der Waals surface area contributed by atoms with E-state index in [2.05, 4.69) is 29.6 Å². The zero-order chi connectivity index (χ0) is 19.6. The Bertz CT molecular complexity index is 775. The predicted octanol–water partition coefficient (Wildman–Crippen LogP) is 2.53. The molecule has 0 spiro atoms. The first-order chi connectivity index (χ1) is 13.0. The molecule has 7 heteroatoms. The molecule has 0 aromatic heterocycles. The van der Waals surface area contributed by atoms with Crippen molar-refractivity contribution in [2.45, 2.75) is 26.2 Å². The van der Waals surface area contributed by atoms with Gasteiger partial charge in [-0.05, 0) is 37.0 Å². The van der Waals surface area contributed by atoms with Gasteiger partial charge in [-0.2, -0.15) is 0 Å². The molecule has 7 nitrogen and oxygen atoms in total. The largest absolute Gasteiger partial charge is 0.485 e. The highest BCUT2D eigenvalue weighted by molar-refractivity contribution is 5.78. The summed E-state index contributed by atoms with van der Waals surface area (Å²) < 4.78 is 5.27. The molecule has 0 atom stereocenters. The van der Waals surface area contributed by atoms with Crippen LogP contribution in [0.2, 0.25) is 0 Å². The van der Waals surface area contributed by atoms with Gasteiger partial charge in [0.2, 0.25) is 5.91 Å². The second-order valence-electron chi connectivity index (χ2n) is 6.31. The van der Waals surface area contributed by atoms with Crippen LogP contribution in [0.15, 0.2) is 42.5 Å². The maximum absolute atomic E-state index is 12.1. The van der Waals surface area contributed by atoms with Crippen molar-refractivity contribution >= 4 is 11.6 Å². The number of amides is 1. The van der Waals surface area contributed by atoms with E-state index in [1.807, 2.05) is 6.92 Å². The Morgan fingerprint density at radius 1 is 1.19 bits per heavy atom. The van der Waals surface area contributed by atoms with E-state index in [4.69, 9.17) is 10.5 Å². The lowest BCUT2D eigenvalue weighted by Crippen LogP contribution is -2.26. The Kier molecular flexibility index (Phi) is 7.76. The number of aryl methyl sites for hydroxylation is 2. The van der Waals surface area contributed by atoms with Crippen LogP contribution in [0, 0.1) is 17.0 Å². The van der Waals surface area contributed by atoms with E-state index < -0.39 is 4.92 Å². The van der Waals surface area contributed by atoms with Crippen molar-refractivity contribution < 1.29 is 14.5 Å². The number of hydrogen-bond donors (Lipinski definition) is 2. The molecule has 1 amide bonds. The van der Waals surface area contributed by atoms with Crippen LogP contribution in [-0.4, -0.2) is 30.5 Å². The summed E-state index contributed by atoms with van der Waals surface area (Å²) in [7, 11) is 0. The first-order valence-electron chi connectivity index (χ1n) is 8.92. The second kappa shape index (κ2) is 10.3. The van der Waals surface area contributed by atoms with Gasteiger partial charge >= 0.3 is 5.69 Å². The van der Waals surface area contributed by atoms with E-state index >= 15 is 0 Å². The minimum absolute atomic E-state index is 0.0859. The fourth-order valence-electron chi connectivity index (χ4n) is 2.63. The summed E-state index contributed by atoms with van der Waals surface area (Å²) >= 11 is 0. The average molecular weight is 371 g/mol. The summed E-state index contributed by atoms with van der Waals surface area (Å²) in [4.78, 5) is 22.7. The van der Waals surface area contributed by atoms with Gasteiger partial charge in [-0.25, -0.2) is 0 Å². The molecule has 0 bridgehead atoms. The second-order valence-corrected chi connectivity index (χ2v) is 6.31. The molecule has 27 heavy (non-hydrogen) atoms. The predicted molar refractivity (Wildman–Crippen MR) is 104 cm³/mol. The van der Waals surface area contributed by atoms with Crippen LogP contribution in [0.25, 0.3) is 0 Å². The lowest BCUT2D eigenvalue weighted by Gasteiger charge is -2.08. The van der Waals surface area contributed by atoms with E-state index in [-0.39, 0.29) is 36.9 Å².